The molecular weight excluding hydrogens is 268 g/mol. The Morgan fingerprint density at radius 1 is 0.818 bits per heavy atom. The van der Waals surface area contributed by atoms with E-state index in [1.165, 1.54) is 43.2 Å². The van der Waals surface area contributed by atoms with Crippen molar-refractivity contribution in [1.82, 2.24) is 0 Å². The van der Waals surface area contributed by atoms with Gasteiger partial charge < -0.3 is 4.74 Å². The van der Waals surface area contributed by atoms with Crippen LogP contribution < -0.4 is 4.74 Å². The van der Waals surface area contributed by atoms with Crippen molar-refractivity contribution in [3.8, 4) is 5.75 Å². The van der Waals surface area contributed by atoms with E-state index in [0.29, 0.717) is 0 Å². The molecule has 0 aliphatic heterocycles. The summed E-state index contributed by atoms with van der Waals surface area (Å²) in [6.07, 6.45) is 7.12. The zero-order valence-electron chi connectivity index (χ0n) is 14.1. The smallest absolute Gasteiger partial charge is 0.122 e. The zero-order chi connectivity index (χ0) is 15.8. The normalized spacial score (nSPS) is 14.9. The first kappa shape index (κ1) is 16.6. The maximum Gasteiger partial charge on any atom is 0.122 e. The quantitative estimate of drug-likeness (QED) is 0.656. The van der Waals surface area contributed by atoms with Crippen LogP contribution >= 0.6 is 0 Å². The van der Waals surface area contributed by atoms with Gasteiger partial charge in [-0.1, -0.05) is 61.7 Å². The molecular formula is C21H28O. The lowest BCUT2D eigenvalue weighted by molar-refractivity contribution is 0.411. The molecule has 2 aromatic rings. The Morgan fingerprint density at radius 2 is 1.50 bits per heavy atom. The van der Waals surface area contributed by atoms with E-state index in [9.17, 15) is 0 Å². The van der Waals surface area contributed by atoms with Crippen LogP contribution in [-0.2, 0) is 0 Å². The van der Waals surface area contributed by atoms with E-state index in [4.69, 9.17) is 4.74 Å². The number of methoxy groups -OCH3 is 1. The minimum Gasteiger partial charge on any atom is -0.496 e. The molecule has 0 N–H and O–H groups in total. The second-order valence-corrected chi connectivity index (χ2v) is 6.15. The number of aryl methyl sites for hydroxylation is 1. The highest BCUT2D eigenvalue weighted by molar-refractivity contribution is 5.37. The molecule has 0 spiro atoms. The molecule has 3 rings (SSSR count). The first-order valence-corrected chi connectivity index (χ1v) is 8.37. The van der Waals surface area contributed by atoms with Crippen LogP contribution in [0.15, 0.2) is 48.5 Å². The Labute approximate surface area is 135 Å². The second kappa shape index (κ2) is 8.63. The number of ether oxygens (including phenoxy) is 1. The predicted octanol–water partition coefficient (Wildman–Crippen LogP) is 6.05. The summed E-state index contributed by atoms with van der Waals surface area (Å²) >= 11 is 0. The number of hydrogen-bond acceptors (Lipinski definition) is 1. The Balaban J connectivity index is 0.000000164. The van der Waals surface area contributed by atoms with Crippen LogP contribution in [0.4, 0.5) is 0 Å². The summed E-state index contributed by atoms with van der Waals surface area (Å²) in [5.74, 6) is 1.83. The van der Waals surface area contributed by atoms with Crippen LogP contribution in [0.2, 0.25) is 0 Å². The third kappa shape index (κ3) is 4.62. The third-order valence-corrected chi connectivity index (χ3v) is 4.65. The van der Waals surface area contributed by atoms with E-state index in [0.717, 1.165) is 11.7 Å². The van der Waals surface area contributed by atoms with Gasteiger partial charge in [0, 0.05) is 0 Å². The second-order valence-electron chi connectivity index (χ2n) is 6.15. The number of rotatable bonds is 2. The van der Waals surface area contributed by atoms with Crippen molar-refractivity contribution in [1.29, 1.82) is 0 Å². The van der Waals surface area contributed by atoms with Crippen LogP contribution in [0.5, 0.6) is 5.75 Å². The highest BCUT2D eigenvalue weighted by Crippen LogP contribution is 2.32. The average Bonchev–Trinajstić information content (AvgIpc) is 2.59. The van der Waals surface area contributed by atoms with Gasteiger partial charge in [0.1, 0.15) is 5.75 Å². The van der Waals surface area contributed by atoms with Gasteiger partial charge in [-0.15, -0.1) is 0 Å². The third-order valence-electron chi connectivity index (χ3n) is 4.65. The largest absolute Gasteiger partial charge is 0.496 e. The van der Waals surface area contributed by atoms with E-state index < -0.39 is 0 Å². The average molecular weight is 296 g/mol. The standard InChI is InChI=1S/C12H16.C9H12O/c1-3-7-11(8-4-1)12-9-5-2-6-10-12;1-7-5-4-6-9(10-3)8(7)2/h1,3-4,7-8,12H,2,5-6,9-10H2;4-6H,1-3H3. The summed E-state index contributed by atoms with van der Waals surface area (Å²) < 4.78 is 5.13. The van der Waals surface area contributed by atoms with Crippen molar-refractivity contribution in [2.24, 2.45) is 0 Å². The van der Waals surface area contributed by atoms with Crippen molar-refractivity contribution in [3.05, 3.63) is 65.2 Å². The van der Waals surface area contributed by atoms with Gasteiger partial charge in [-0.2, -0.15) is 0 Å². The van der Waals surface area contributed by atoms with Crippen molar-refractivity contribution in [3.63, 3.8) is 0 Å². The Morgan fingerprint density at radius 3 is 2.09 bits per heavy atom. The van der Waals surface area contributed by atoms with Gasteiger partial charge in [0.2, 0.25) is 0 Å². The SMILES string of the molecule is COc1cccc(C)c1C.c1ccc(C2CCCCC2)cc1. The molecule has 1 nitrogen and oxygen atoms in total. The first-order valence-electron chi connectivity index (χ1n) is 8.37. The van der Waals surface area contributed by atoms with Gasteiger partial charge in [-0.25, -0.2) is 0 Å². The molecule has 0 atom stereocenters. The molecule has 0 heterocycles. The van der Waals surface area contributed by atoms with E-state index in [-0.39, 0.29) is 0 Å². The topological polar surface area (TPSA) is 9.23 Å². The molecule has 118 valence electrons. The monoisotopic (exact) mass is 296 g/mol. The molecule has 1 heteroatoms. The fourth-order valence-corrected chi connectivity index (χ4v) is 3.11. The summed E-state index contributed by atoms with van der Waals surface area (Å²) in [6, 6.07) is 17.0. The molecule has 1 fully saturated rings. The van der Waals surface area contributed by atoms with Crippen molar-refractivity contribution < 1.29 is 4.74 Å². The predicted molar refractivity (Wildman–Crippen MR) is 94.7 cm³/mol. The molecule has 22 heavy (non-hydrogen) atoms. The number of hydrogen-bond donors (Lipinski definition) is 0. The Bertz CT molecular complexity index is 553. The molecule has 0 unspecified atom stereocenters. The fraction of sp³-hybridized carbons (Fsp3) is 0.429. The molecule has 1 saturated carbocycles. The van der Waals surface area contributed by atoms with E-state index in [1.54, 1.807) is 12.7 Å². The van der Waals surface area contributed by atoms with Crippen molar-refractivity contribution in [2.45, 2.75) is 51.9 Å². The molecule has 0 radical (unpaired) electrons. The molecule has 0 saturated heterocycles. The lowest BCUT2D eigenvalue weighted by Gasteiger charge is -2.21. The van der Waals surface area contributed by atoms with Gasteiger partial charge in [-0.05, 0) is 55.4 Å². The minimum absolute atomic E-state index is 0.861. The Kier molecular flexibility index (Phi) is 6.51. The number of benzene rings is 2. The summed E-state index contributed by atoms with van der Waals surface area (Å²) in [7, 11) is 1.70. The molecule has 0 bridgehead atoms. The summed E-state index contributed by atoms with van der Waals surface area (Å²) in [6.45, 7) is 4.14. The maximum absolute atomic E-state index is 5.13. The van der Waals surface area contributed by atoms with Gasteiger partial charge >= 0.3 is 0 Å². The van der Waals surface area contributed by atoms with Gasteiger partial charge in [0.15, 0.2) is 0 Å². The summed E-state index contributed by atoms with van der Waals surface area (Å²) in [5, 5.41) is 0. The van der Waals surface area contributed by atoms with Crippen LogP contribution in [-0.4, -0.2) is 7.11 Å². The van der Waals surface area contributed by atoms with Gasteiger partial charge in [0.25, 0.3) is 0 Å². The fourth-order valence-electron chi connectivity index (χ4n) is 3.11. The summed E-state index contributed by atoms with van der Waals surface area (Å²) in [5.41, 5.74) is 4.06. The molecule has 2 aromatic carbocycles. The van der Waals surface area contributed by atoms with Crippen LogP contribution in [0.25, 0.3) is 0 Å². The molecule has 0 amide bonds. The van der Waals surface area contributed by atoms with Crippen molar-refractivity contribution >= 4 is 0 Å². The minimum atomic E-state index is 0.861. The van der Waals surface area contributed by atoms with Crippen LogP contribution in [0.1, 0.15) is 54.7 Å². The van der Waals surface area contributed by atoms with Crippen molar-refractivity contribution in [2.75, 3.05) is 7.11 Å². The first-order chi connectivity index (χ1) is 10.7. The molecule has 1 aliphatic rings. The Hall–Kier alpha value is -1.76. The van der Waals surface area contributed by atoms with E-state index in [1.807, 2.05) is 12.1 Å². The highest BCUT2D eigenvalue weighted by atomic mass is 16.5. The van der Waals surface area contributed by atoms with Crippen LogP contribution in [0.3, 0.4) is 0 Å². The maximum atomic E-state index is 5.13. The van der Waals surface area contributed by atoms with Crippen LogP contribution in [0, 0.1) is 13.8 Å². The van der Waals surface area contributed by atoms with Gasteiger partial charge in [0.05, 0.1) is 7.11 Å². The highest BCUT2D eigenvalue weighted by Gasteiger charge is 2.14. The zero-order valence-corrected chi connectivity index (χ0v) is 14.1. The lowest BCUT2D eigenvalue weighted by Crippen LogP contribution is -2.03. The van der Waals surface area contributed by atoms with Gasteiger partial charge in [-0.3, -0.25) is 0 Å². The van der Waals surface area contributed by atoms with E-state index in [2.05, 4.69) is 50.2 Å². The molecule has 1 aliphatic carbocycles. The van der Waals surface area contributed by atoms with E-state index >= 15 is 0 Å². The summed E-state index contributed by atoms with van der Waals surface area (Å²) in [4.78, 5) is 0. The molecule has 0 aromatic heterocycles. The lowest BCUT2D eigenvalue weighted by atomic mass is 9.84.